The van der Waals surface area contributed by atoms with Gasteiger partial charge in [-0.25, -0.2) is 4.98 Å². The van der Waals surface area contributed by atoms with Gasteiger partial charge in [-0.05, 0) is 18.8 Å². The van der Waals surface area contributed by atoms with Crippen LogP contribution in [0.2, 0.25) is 0 Å². The summed E-state index contributed by atoms with van der Waals surface area (Å²) in [5.74, 6) is 1.33. The van der Waals surface area contributed by atoms with Gasteiger partial charge < -0.3 is 10.3 Å². The molecule has 4 heteroatoms. The zero-order valence-electron chi connectivity index (χ0n) is 10.6. The highest BCUT2D eigenvalue weighted by atomic mass is 35.5. The van der Waals surface area contributed by atoms with Crippen molar-refractivity contribution in [1.82, 2.24) is 9.55 Å². The van der Waals surface area contributed by atoms with E-state index in [2.05, 4.69) is 30.3 Å². The molecule has 0 spiro atoms. The van der Waals surface area contributed by atoms with Crippen molar-refractivity contribution in [2.75, 3.05) is 5.73 Å². The van der Waals surface area contributed by atoms with E-state index in [1.165, 1.54) is 25.0 Å². The Morgan fingerprint density at radius 3 is 2.62 bits per heavy atom. The van der Waals surface area contributed by atoms with Crippen LogP contribution >= 0.6 is 12.4 Å². The first-order valence-corrected chi connectivity index (χ1v) is 5.95. The SMILES string of the molecule is CCCCCn1c(CC(C)C)cnc1N.Cl. The minimum atomic E-state index is 0. The molecule has 16 heavy (non-hydrogen) atoms. The quantitative estimate of drug-likeness (QED) is 0.782. The van der Waals surface area contributed by atoms with E-state index in [1.807, 2.05) is 6.20 Å². The average Bonchev–Trinajstić information content (AvgIpc) is 2.49. The van der Waals surface area contributed by atoms with E-state index < -0.39 is 0 Å². The summed E-state index contributed by atoms with van der Waals surface area (Å²) in [6.07, 6.45) is 6.69. The predicted octanol–water partition coefficient (Wildman–Crippen LogP) is 3.28. The molecule has 94 valence electrons. The van der Waals surface area contributed by atoms with Crippen molar-refractivity contribution in [2.24, 2.45) is 5.92 Å². The zero-order valence-corrected chi connectivity index (χ0v) is 11.4. The fourth-order valence-electron chi connectivity index (χ4n) is 1.79. The van der Waals surface area contributed by atoms with E-state index in [0.717, 1.165) is 13.0 Å². The molecular formula is C12H24ClN3. The van der Waals surface area contributed by atoms with Crippen molar-refractivity contribution >= 4 is 18.4 Å². The Labute approximate surface area is 105 Å². The van der Waals surface area contributed by atoms with Gasteiger partial charge in [-0.1, -0.05) is 33.6 Å². The zero-order chi connectivity index (χ0) is 11.3. The molecule has 1 aromatic rings. The second-order valence-electron chi connectivity index (χ2n) is 4.56. The molecule has 0 amide bonds. The Morgan fingerprint density at radius 1 is 1.38 bits per heavy atom. The number of nitrogen functional groups attached to an aromatic ring is 1. The van der Waals surface area contributed by atoms with Gasteiger partial charge >= 0.3 is 0 Å². The van der Waals surface area contributed by atoms with Crippen LogP contribution in [0, 0.1) is 5.92 Å². The lowest BCUT2D eigenvalue weighted by molar-refractivity contribution is 0.557. The normalized spacial score (nSPS) is 10.5. The lowest BCUT2D eigenvalue weighted by Crippen LogP contribution is -2.09. The molecule has 0 unspecified atom stereocenters. The number of rotatable bonds is 6. The monoisotopic (exact) mass is 245 g/mol. The maximum atomic E-state index is 5.85. The molecule has 0 atom stereocenters. The van der Waals surface area contributed by atoms with Gasteiger partial charge in [-0.15, -0.1) is 12.4 Å². The van der Waals surface area contributed by atoms with Crippen LogP contribution in [0.1, 0.15) is 45.7 Å². The number of nitrogens with two attached hydrogens (primary N) is 1. The van der Waals surface area contributed by atoms with Gasteiger partial charge in [0.05, 0.1) is 6.20 Å². The highest BCUT2D eigenvalue weighted by Crippen LogP contribution is 2.13. The molecule has 0 saturated heterocycles. The largest absolute Gasteiger partial charge is 0.369 e. The number of imidazole rings is 1. The van der Waals surface area contributed by atoms with Gasteiger partial charge in [0.25, 0.3) is 0 Å². The summed E-state index contributed by atoms with van der Waals surface area (Å²) >= 11 is 0. The van der Waals surface area contributed by atoms with E-state index in [1.54, 1.807) is 0 Å². The Kier molecular flexibility index (Phi) is 7.22. The second-order valence-corrected chi connectivity index (χ2v) is 4.56. The number of hydrogen-bond donors (Lipinski definition) is 1. The van der Waals surface area contributed by atoms with Crippen LogP contribution in [0.3, 0.4) is 0 Å². The van der Waals surface area contributed by atoms with Crippen molar-refractivity contribution in [2.45, 2.75) is 53.0 Å². The first-order valence-electron chi connectivity index (χ1n) is 5.95. The van der Waals surface area contributed by atoms with Crippen LogP contribution in [0.5, 0.6) is 0 Å². The smallest absolute Gasteiger partial charge is 0.200 e. The summed E-state index contributed by atoms with van der Waals surface area (Å²) in [6, 6.07) is 0. The molecule has 1 rings (SSSR count). The van der Waals surface area contributed by atoms with E-state index in [0.29, 0.717) is 11.9 Å². The number of hydrogen-bond acceptors (Lipinski definition) is 2. The molecule has 2 N–H and O–H groups in total. The molecule has 0 aliphatic rings. The number of unbranched alkanes of at least 4 members (excludes halogenated alkanes) is 2. The van der Waals surface area contributed by atoms with Gasteiger partial charge in [-0.2, -0.15) is 0 Å². The van der Waals surface area contributed by atoms with Crippen LogP contribution in [0.25, 0.3) is 0 Å². The number of aromatic nitrogens is 2. The molecule has 1 aromatic heterocycles. The lowest BCUT2D eigenvalue weighted by Gasteiger charge is -2.10. The molecule has 0 saturated carbocycles. The van der Waals surface area contributed by atoms with Crippen LogP contribution in [-0.4, -0.2) is 9.55 Å². The van der Waals surface area contributed by atoms with Crippen molar-refractivity contribution in [3.63, 3.8) is 0 Å². The third kappa shape index (κ3) is 4.44. The van der Waals surface area contributed by atoms with Crippen molar-refractivity contribution in [3.8, 4) is 0 Å². The molecule has 3 nitrogen and oxygen atoms in total. The highest BCUT2D eigenvalue weighted by molar-refractivity contribution is 5.85. The summed E-state index contributed by atoms with van der Waals surface area (Å²) in [4.78, 5) is 4.19. The maximum absolute atomic E-state index is 5.85. The first kappa shape index (κ1) is 15.3. The molecule has 0 radical (unpaired) electrons. The minimum absolute atomic E-state index is 0. The fourth-order valence-corrected chi connectivity index (χ4v) is 1.79. The fraction of sp³-hybridized carbons (Fsp3) is 0.750. The Hall–Kier alpha value is -0.700. The van der Waals surface area contributed by atoms with Crippen molar-refractivity contribution in [1.29, 1.82) is 0 Å². The Bertz CT molecular complexity index is 294. The summed E-state index contributed by atoms with van der Waals surface area (Å²) in [6.45, 7) is 7.67. The van der Waals surface area contributed by atoms with Crippen molar-refractivity contribution in [3.05, 3.63) is 11.9 Å². The Balaban J connectivity index is 0.00000225. The van der Waals surface area contributed by atoms with Crippen LogP contribution in [-0.2, 0) is 13.0 Å². The standard InChI is InChI=1S/C12H23N3.ClH/c1-4-5-6-7-15-11(8-10(2)3)9-14-12(15)13;/h9-10H,4-8H2,1-3H3,(H2,13,14);1H. The van der Waals surface area contributed by atoms with Gasteiger partial charge in [-0.3, -0.25) is 0 Å². The van der Waals surface area contributed by atoms with Crippen LogP contribution < -0.4 is 5.73 Å². The van der Waals surface area contributed by atoms with E-state index in [4.69, 9.17) is 5.73 Å². The van der Waals surface area contributed by atoms with Gasteiger partial charge in [0.15, 0.2) is 5.95 Å². The first-order chi connectivity index (χ1) is 7.15. The van der Waals surface area contributed by atoms with Crippen LogP contribution in [0.15, 0.2) is 6.20 Å². The lowest BCUT2D eigenvalue weighted by atomic mass is 10.1. The maximum Gasteiger partial charge on any atom is 0.200 e. The van der Waals surface area contributed by atoms with Crippen LogP contribution in [0.4, 0.5) is 5.95 Å². The van der Waals surface area contributed by atoms with E-state index in [9.17, 15) is 0 Å². The van der Waals surface area contributed by atoms with Crippen molar-refractivity contribution < 1.29 is 0 Å². The second kappa shape index (κ2) is 7.55. The summed E-state index contributed by atoms with van der Waals surface area (Å²) < 4.78 is 2.16. The number of nitrogens with zero attached hydrogens (tertiary/aromatic N) is 2. The predicted molar refractivity (Wildman–Crippen MR) is 72.0 cm³/mol. The Morgan fingerprint density at radius 2 is 2.06 bits per heavy atom. The van der Waals surface area contributed by atoms with Gasteiger partial charge in [0.1, 0.15) is 0 Å². The topological polar surface area (TPSA) is 43.8 Å². The van der Waals surface area contributed by atoms with Gasteiger partial charge in [0, 0.05) is 12.2 Å². The molecule has 0 aliphatic carbocycles. The minimum Gasteiger partial charge on any atom is -0.369 e. The number of anilines is 1. The number of halogens is 1. The molecule has 0 fully saturated rings. The third-order valence-corrected chi connectivity index (χ3v) is 2.57. The summed E-state index contributed by atoms with van der Waals surface area (Å²) in [5.41, 5.74) is 7.13. The summed E-state index contributed by atoms with van der Waals surface area (Å²) in [7, 11) is 0. The molecular weight excluding hydrogens is 222 g/mol. The molecule has 0 bridgehead atoms. The average molecular weight is 246 g/mol. The van der Waals surface area contributed by atoms with E-state index >= 15 is 0 Å². The van der Waals surface area contributed by atoms with E-state index in [-0.39, 0.29) is 12.4 Å². The molecule has 0 aromatic carbocycles. The summed E-state index contributed by atoms with van der Waals surface area (Å²) in [5, 5.41) is 0. The third-order valence-electron chi connectivity index (χ3n) is 2.57. The molecule has 0 aliphatic heterocycles. The highest BCUT2D eigenvalue weighted by Gasteiger charge is 2.08. The molecule has 1 heterocycles. The van der Waals surface area contributed by atoms with Gasteiger partial charge in [0.2, 0.25) is 0 Å².